The first-order valence-corrected chi connectivity index (χ1v) is 4.54. The fraction of sp³-hybridized carbons (Fsp3) is 0. The van der Waals surface area contributed by atoms with Crippen molar-refractivity contribution in [2.45, 2.75) is 0 Å². The standard InChI is InChI=1S/C9H5N7/c10-15-13-9-8-6-3-1-2-4-7(6)14-16(8)5-11-12-9/h1-5H. The number of hydrogen-bond acceptors (Lipinski definition) is 4. The number of azide groups is 1. The molecule has 0 fully saturated rings. The summed E-state index contributed by atoms with van der Waals surface area (Å²) in [6.45, 7) is 0. The van der Waals surface area contributed by atoms with Crippen LogP contribution in [0.15, 0.2) is 35.7 Å². The molecule has 76 valence electrons. The Kier molecular flexibility index (Phi) is 1.72. The maximum absolute atomic E-state index is 8.45. The van der Waals surface area contributed by atoms with Gasteiger partial charge in [0.2, 0.25) is 0 Å². The maximum atomic E-state index is 8.45. The molecule has 0 aliphatic heterocycles. The molecule has 2 heterocycles. The molecule has 7 heteroatoms. The molecule has 0 aliphatic carbocycles. The largest absolute Gasteiger partial charge is 0.217 e. The van der Waals surface area contributed by atoms with Gasteiger partial charge in [-0.05, 0) is 16.7 Å². The normalized spacial score (nSPS) is 10.5. The molecule has 7 nitrogen and oxygen atoms in total. The number of hydrogen-bond donors (Lipinski definition) is 0. The maximum Gasteiger partial charge on any atom is 0.175 e. The van der Waals surface area contributed by atoms with Crippen LogP contribution in [0.5, 0.6) is 0 Å². The van der Waals surface area contributed by atoms with E-state index >= 15 is 0 Å². The molecular weight excluding hydrogens is 206 g/mol. The van der Waals surface area contributed by atoms with Crippen LogP contribution >= 0.6 is 0 Å². The molecule has 0 atom stereocenters. The number of fused-ring (bicyclic) bond motifs is 3. The Hall–Kier alpha value is -2.66. The molecule has 3 rings (SSSR count). The Balaban J connectivity index is 2.57. The van der Waals surface area contributed by atoms with E-state index in [4.69, 9.17) is 5.53 Å². The van der Waals surface area contributed by atoms with E-state index in [-0.39, 0.29) is 5.82 Å². The van der Waals surface area contributed by atoms with Crippen LogP contribution in [0, 0.1) is 0 Å². The van der Waals surface area contributed by atoms with Crippen molar-refractivity contribution in [3.8, 4) is 0 Å². The van der Waals surface area contributed by atoms with E-state index in [0.717, 1.165) is 10.9 Å². The second kappa shape index (κ2) is 3.18. The third kappa shape index (κ3) is 1.09. The molecule has 0 N–H and O–H groups in total. The van der Waals surface area contributed by atoms with Gasteiger partial charge in [-0.2, -0.15) is 5.10 Å². The van der Waals surface area contributed by atoms with Crippen molar-refractivity contribution in [3.05, 3.63) is 41.0 Å². The second-order valence-corrected chi connectivity index (χ2v) is 3.15. The second-order valence-electron chi connectivity index (χ2n) is 3.15. The number of nitrogens with zero attached hydrogens (tertiary/aromatic N) is 7. The van der Waals surface area contributed by atoms with E-state index in [2.05, 4.69) is 25.3 Å². The molecule has 0 unspecified atom stereocenters. The lowest BCUT2D eigenvalue weighted by atomic mass is 10.2. The van der Waals surface area contributed by atoms with Gasteiger partial charge in [-0.3, -0.25) is 0 Å². The molecular formula is C9H5N7. The summed E-state index contributed by atoms with van der Waals surface area (Å²) in [5.74, 6) is 0.235. The van der Waals surface area contributed by atoms with Gasteiger partial charge in [0, 0.05) is 10.3 Å². The first-order chi connectivity index (χ1) is 7.90. The molecule has 0 aliphatic rings. The Morgan fingerprint density at radius 3 is 3.06 bits per heavy atom. The summed E-state index contributed by atoms with van der Waals surface area (Å²) in [6.07, 6.45) is 1.48. The summed E-state index contributed by atoms with van der Waals surface area (Å²) < 4.78 is 1.56. The fourth-order valence-electron chi connectivity index (χ4n) is 1.64. The fourth-order valence-corrected chi connectivity index (χ4v) is 1.64. The molecule has 0 amide bonds. The van der Waals surface area contributed by atoms with Crippen molar-refractivity contribution in [2.75, 3.05) is 0 Å². The first kappa shape index (κ1) is 8.63. The molecule has 0 bridgehead atoms. The summed E-state index contributed by atoms with van der Waals surface area (Å²) in [6, 6.07) is 7.56. The minimum Gasteiger partial charge on any atom is -0.217 e. The highest BCUT2D eigenvalue weighted by Crippen LogP contribution is 2.25. The summed E-state index contributed by atoms with van der Waals surface area (Å²) in [5.41, 5.74) is 9.93. The van der Waals surface area contributed by atoms with Crippen LogP contribution in [0.25, 0.3) is 26.9 Å². The van der Waals surface area contributed by atoms with Crippen LogP contribution in [-0.2, 0) is 0 Å². The summed E-state index contributed by atoms with van der Waals surface area (Å²) in [4.78, 5) is 2.72. The highest BCUT2D eigenvalue weighted by Gasteiger charge is 2.08. The number of aromatic nitrogens is 4. The molecule has 16 heavy (non-hydrogen) atoms. The lowest BCUT2D eigenvalue weighted by Crippen LogP contribution is -1.91. The van der Waals surface area contributed by atoms with Gasteiger partial charge in [0.25, 0.3) is 0 Å². The SMILES string of the molecule is [N-]=[N+]=Nc1nncn2nc3ccccc3c12. The summed E-state index contributed by atoms with van der Waals surface area (Å²) in [7, 11) is 0. The molecule has 0 spiro atoms. The van der Waals surface area contributed by atoms with E-state index in [1.165, 1.54) is 6.33 Å². The summed E-state index contributed by atoms with van der Waals surface area (Å²) in [5, 5.41) is 16.2. The van der Waals surface area contributed by atoms with E-state index in [9.17, 15) is 0 Å². The van der Waals surface area contributed by atoms with Gasteiger partial charge >= 0.3 is 0 Å². The van der Waals surface area contributed by atoms with Gasteiger partial charge in [-0.25, -0.2) is 4.52 Å². The molecule has 1 aromatic carbocycles. The average Bonchev–Trinajstić information content (AvgIpc) is 2.68. The van der Waals surface area contributed by atoms with E-state index in [0.29, 0.717) is 5.52 Å². The zero-order valence-corrected chi connectivity index (χ0v) is 8.02. The van der Waals surface area contributed by atoms with Crippen molar-refractivity contribution in [1.29, 1.82) is 0 Å². The highest BCUT2D eigenvalue weighted by molar-refractivity contribution is 5.98. The van der Waals surface area contributed by atoms with Crippen LogP contribution < -0.4 is 0 Å². The minimum atomic E-state index is 0.235. The quantitative estimate of drug-likeness (QED) is 0.351. The van der Waals surface area contributed by atoms with Crippen LogP contribution in [0.3, 0.4) is 0 Å². The monoisotopic (exact) mass is 211 g/mol. The first-order valence-electron chi connectivity index (χ1n) is 4.54. The predicted octanol–water partition coefficient (Wildman–Crippen LogP) is 2.22. The molecule has 2 aromatic heterocycles. The Morgan fingerprint density at radius 1 is 1.31 bits per heavy atom. The van der Waals surface area contributed by atoms with Crippen LogP contribution in [0.2, 0.25) is 0 Å². The van der Waals surface area contributed by atoms with E-state index in [1.807, 2.05) is 24.3 Å². The van der Waals surface area contributed by atoms with Crippen LogP contribution in [-0.4, -0.2) is 19.8 Å². The zero-order chi connectivity index (χ0) is 11.0. The van der Waals surface area contributed by atoms with Crippen molar-refractivity contribution in [2.24, 2.45) is 5.11 Å². The number of benzene rings is 1. The molecule has 3 aromatic rings. The van der Waals surface area contributed by atoms with Crippen LogP contribution in [0.1, 0.15) is 0 Å². The number of rotatable bonds is 1. The average molecular weight is 211 g/mol. The van der Waals surface area contributed by atoms with Crippen LogP contribution in [0.4, 0.5) is 5.82 Å². The zero-order valence-electron chi connectivity index (χ0n) is 8.02. The molecule has 0 saturated carbocycles. The van der Waals surface area contributed by atoms with Gasteiger partial charge in [-0.1, -0.05) is 18.2 Å². The minimum absolute atomic E-state index is 0.235. The van der Waals surface area contributed by atoms with Gasteiger partial charge in [0.05, 0.1) is 5.52 Å². The molecule has 0 radical (unpaired) electrons. The molecule has 0 saturated heterocycles. The van der Waals surface area contributed by atoms with Gasteiger partial charge in [-0.15, -0.1) is 10.2 Å². The van der Waals surface area contributed by atoms with Gasteiger partial charge < -0.3 is 0 Å². The van der Waals surface area contributed by atoms with Crippen molar-refractivity contribution in [1.82, 2.24) is 19.8 Å². The topological polar surface area (TPSA) is 91.8 Å². The summed E-state index contributed by atoms with van der Waals surface area (Å²) >= 11 is 0. The lowest BCUT2D eigenvalue weighted by Gasteiger charge is -1.93. The Morgan fingerprint density at radius 2 is 2.19 bits per heavy atom. The van der Waals surface area contributed by atoms with Crippen molar-refractivity contribution >= 4 is 22.2 Å². The Labute approximate surface area is 89.0 Å². The smallest absolute Gasteiger partial charge is 0.175 e. The highest BCUT2D eigenvalue weighted by atomic mass is 15.3. The van der Waals surface area contributed by atoms with Gasteiger partial charge in [0.15, 0.2) is 5.82 Å². The third-order valence-corrected chi connectivity index (χ3v) is 2.27. The van der Waals surface area contributed by atoms with Crippen molar-refractivity contribution < 1.29 is 0 Å². The Bertz CT molecular complexity index is 723. The van der Waals surface area contributed by atoms with Crippen molar-refractivity contribution in [3.63, 3.8) is 0 Å². The lowest BCUT2D eigenvalue weighted by molar-refractivity contribution is 0.872. The van der Waals surface area contributed by atoms with Gasteiger partial charge in [0.1, 0.15) is 11.8 Å². The van der Waals surface area contributed by atoms with E-state index in [1.54, 1.807) is 4.52 Å². The predicted molar refractivity (Wildman–Crippen MR) is 57.1 cm³/mol. The third-order valence-electron chi connectivity index (χ3n) is 2.27. The van der Waals surface area contributed by atoms with E-state index < -0.39 is 0 Å².